The number of aromatic amines is 1. The van der Waals surface area contributed by atoms with E-state index in [9.17, 15) is 13.2 Å². The van der Waals surface area contributed by atoms with Crippen LogP contribution in [-0.4, -0.2) is 19.8 Å². The molecule has 3 rings (SSSR count). The molecule has 0 radical (unpaired) electrons. The highest BCUT2D eigenvalue weighted by Gasteiger charge is 2.34. The Labute approximate surface area is 86.7 Å². The van der Waals surface area contributed by atoms with Gasteiger partial charge >= 0.3 is 6.18 Å². The van der Waals surface area contributed by atoms with Crippen LogP contribution >= 0.6 is 0 Å². The zero-order valence-electron chi connectivity index (χ0n) is 7.78. The number of hydrogen-bond donors (Lipinski definition) is 1. The van der Waals surface area contributed by atoms with Crippen LogP contribution in [0.1, 0.15) is 5.69 Å². The van der Waals surface area contributed by atoms with E-state index in [1.54, 1.807) is 6.07 Å². The van der Waals surface area contributed by atoms with Gasteiger partial charge in [-0.1, -0.05) is 6.07 Å². The summed E-state index contributed by atoms with van der Waals surface area (Å²) >= 11 is 0. The van der Waals surface area contributed by atoms with E-state index in [-0.39, 0.29) is 0 Å². The van der Waals surface area contributed by atoms with Crippen LogP contribution in [0.4, 0.5) is 13.2 Å². The first-order valence-electron chi connectivity index (χ1n) is 4.45. The summed E-state index contributed by atoms with van der Waals surface area (Å²) in [6.45, 7) is 0. The lowest BCUT2D eigenvalue weighted by atomic mass is 10.3. The number of aromatic nitrogens is 4. The van der Waals surface area contributed by atoms with Crippen LogP contribution in [0.25, 0.3) is 16.6 Å². The van der Waals surface area contributed by atoms with Crippen molar-refractivity contribution in [2.75, 3.05) is 0 Å². The van der Waals surface area contributed by atoms with Gasteiger partial charge in [0.05, 0.1) is 17.1 Å². The van der Waals surface area contributed by atoms with Gasteiger partial charge in [-0.15, -0.1) is 5.10 Å². The van der Waals surface area contributed by atoms with Crippen molar-refractivity contribution >= 4 is 16.6 Å². The van der Waals surface area contributed by atoms with E-state index in [0.717, 1.165) is 10.6 Å². The molecule has 3 heterocycles. The Balaban J connectivity index is 2.47. The quantitative estimate of drug-likeness (QED) is 0.638. The first-order chi connectivity index (χ1) is 7.57. The van der Waals surface area contributed by atoms with Crippen molar-refractivity contribution in [3.8, 4) is 0 Å². The summed E-state index contributed by atoms with van der Waals surface area (Å²) in [5, 5.41) is 10.7. The largest absolute Gasteiger partial charge is 0.433 e. The Kier molecular flexibility index (Phi) is 1.58. The highest BCUT2D eigenvalue weighted by Crippen LogP contribution is 2.30. The van der Waals surface area contributed by atoms with Gasteiger partial charge in [0.1, 0.15) is 5.69 Å². The first kappa shape index (κ1) is 9.20. The van der Waals surface area contributed by atoms with Crippen LogP contribution in [0.15, 0.2) is 24.4 Å². The molecule has 0 spiro atoms. The molecule has 4 nitrogen and oxygen atoms in total. The van der Waals surface area contributed by atoms with Crippen LogP contribution in [0.3, 0.4) is 0 Å². The normalized spacial score (nSPS) is 12.7. The number of rotatable bonds is 0. The molecule has 82 valence electrons. The minimum atomic E-state index is -4.42. The Morgan fingerprint density at radius 3 is 2.81 bits per heavy atom. The Morgan fingerprint density at radius 2 is 2.06 bits per heavy atom. The van der Waals surface area contributed by atoms with E-state index in [2.05, 4.69) is 15.3 Å². The molecular formula is C9H5F3N4. The summed E-state index contributed by atoms with van der Waals surface area (Å²) in [4.78, 5) is 0. The average molecular weight is 226 g/mol. The van der Waals surface area contributed by atoms with Crippen molar-refractivity contribution in [3.63, 3.8) is 0 Å². The van der Waals surface area contributed by atoms with Crippen LogP contribution in [0.5, 0.6) is 0 Å². The molecule has 0 atom stereocenters. The minimum absolute atomic E-state index is 0.344. The van der Waals surface area contributed by atoms with Crippen LogP contribution in [0.2, 0.25) is 0 Å². The lowest BCUT2D eigenvalue weighted by Gasteiger charge is -2.07. The minimum Gasteiger partial charge on any atom is -0.259 e. The Hall–Kier alpha value is -2.05. The molecular weight excluding hydrogens is 221 g/mol. The molecule has 0 unspecified atom stereocenters. The standard InChI is InChI=1S/C9H5F3N4/c10-9(11,12)7-3-1-2-6-5-4-13-14-8(5)15-16(6)7/h1-4H,(H,14,15). The van der Waals surface area contributed by atoms with E-state index >= 15 is 0 Å². The second kappa shape index (κ2) is 2.75. The SMILES string of the molecule is FC(F)(F)c1cccc2c3cn[nH]c3nn12. The lowest BCUT2D eigenvalue weighted by Crippen LogP contribution is -2.11. The van der Waals surface area contributed by atoms with Crippen LogP contribution < -0.4 is 0 Å². The van der Waals surface area contributed by atoms with Gasteiger partial charge < -0.3 is 0 Å². The van der Waals surface area contributed by atoms with E-state index < -0.39 is 11.9 Å². The van der Waals surface area contributed by atoms with E-state index in [1.165, 1.54) is 12.3 Å². The van der Waals surface area contributed by atoms with E-state index in [4.69, 9.17) is 0 Å². The van der Waals surface area contributed by atoms with Gasteiger partial charge in [-0.05, 0) is 12.1 Å². The summed E-state index contributed by atoms with van der Waals surface area (Å²) in [6, 6.07) is 3.92. The molecule has 0 saturated carbocycles. The third-order valence-electron chi connectivity index (χ3n) is 2.35. The van der Waals surface area contributed by atoms with Crippen molar-refractivity contribution < 1.29 is 13.2 Å². The van der Waals surface area contributed by atoms with Crippen LogP contribution in [0, 0.1) is 0 Å². The van der Waals surface area contributed by atoms with Gasteiger partial charge in [-0.3, -0.25) is 5.10 Å². The van der Waals surface area contributed by atoms with Crippen molar-refractivity contribution in [3.05, 3.63) is 30.1 Å². The lowest BCUT2D eigenvalue weighted by molar-refractivity contribution is -0.142. The molecule has 0 saturated heterocycles. The van der Waals surface area contributed by atoms with Crippen molar-refractivity contribution in [1.82, 2.24) is 19.8 Å². The fraction of sp³-hybridized carbons (Fsp3) is 0.111. The maximum Gasteiger partial charge on any atom is 0.433 e. The molecule has 0 aliphatic carbocycles. The topological polar surface area (TPSA) is 46.0 Å². The molecule has 0 aliphatic heterocycles. The second-order valence-electron chi connectivity index (χ2n) is 3.34. The number of nitrogens with zero attached hydrogens (tertiary/aromatic N) is 3. The summed E-state index contributed by atoms with van der Waals surface area (Å²) in [7, 11) is 0. The molecule has 0 aliphatic rings. The number of alkyl halides is 3. The highest BCUT2D eigenvalue weighted by molar-refractivity contribution is 5.91. The number of nitrogens with one attached hydrogen (secondary N) is 1. The van der Waals surface area contributed by atoms with Gasteiger partial charge in [0.15, 0.2) is 5.65 Å². The van der Waals surface area contributed by atoms with Crippen molar-refractivity contribution in [2.45, 2.75) is 6.18 Å². The fourth-order valence-electron chi connectivity index (χ4n) is 1.67. The van der Waals surface area contributed by atoms with Crippen LogP contribution in [-0.2, 0) is 6.18 Å². The number of fused-ring (bicyclic) bond motifs is 3. The monoisotopic (exact) mass is 226 g/mol. The molecule has 0 aromatic carbocycles. The molecule has 1 N–H and O–H groups in total. The predicted octanol–water partition coefficient (Wildman–Crippen LogP) is 2.23. The van der Waals surface area contributed by atoms with Gasteiger partial charge in [0.25, 0.3) is 0 Å². The second-order valence-corrected chi connectivity index (χ2v) is 3.34. The Morgan fingerprint density at radius 1 is 1.25 bits per heavy atom. The van der Waals surface area contributed by atoms with Gasteiger partial charge in [0.2, 0.25) is 0 Å². The number of pyridine rings is 1. The number of halogens is 3. The van der Waals surface area contributed by atoms with Crippen molar-refractivity contribution in [1.29, 1.82) is 0 Å². The molecule has 0 bridgehead atoms. The van der Waals surface area contributed by atoms with E-state index in [1.807, 2.05) is 0 Å². The average Bonchev–Trinajstić information content (AvgIpc) is 2.74. The highest BCUT2D eigenvalue weighted by atomic mass is 19.4. The maximum absolute atomic E-state index is 12.7. The number of H-pyrrole nitrogens is 1. The Bertz CT molecular complexity index is 664. The molecule has 0 fully saturated rings. The molecule has 16 heavy (non-hydrogen) atoms. The zero-order valence-corrected chi connectivity index (χ0v) is 7.78. The molecule has 0 amide bonds. The van der Waals surface area contributed by atoms with Crippen molar-refractivity contribution in [2.24, 2.45) is 0 Å². The van der Waals surface area contributed by atoms with Gasteiger partial charge in [-0.25, -0.2) is 4.52 Å². The predicted molar refractivity (Wildman–Crippen MR) is 49.8 cm³/mol. The summed E-state index contributed by atoms with van der Waals surface area (Å²) in [5.74, 6) is 0. The smallest absolute Gasteiger partial charge is 0.259 e. The van der Waals surface area contributed by atoms with E-state index in [0.29, 0.717) is 16.6 Å². The third kappa shape index (κ3) is 1.11. The zero-order chi connectivity index (χ0) is 11.3. The third-order valence-corrected chi connectivity index (χ3v) is 2.35. The summed E-state index contributed by atoms with van der Waals surface area (Å²) in [6.07, 6.45) is -2.96. The van der Waals surface area contributed by atoms with Gasteiger partial charge in [-0.2, -0.15) is 18.3 Å². The summed E-state index contributed by atoms with van der Waals surface area (Å²) < 4.78 is 38.9. The fourth-order valence-corrected chi connectivity index (χ4v) is 1.67. The number of hydrogen-bond acceptors (Lipinski definition) is 2. The maximum atomic E-state index is 12.7. The van der Waals surface area contributed by atoms with Gasteiger partial charge in [0, 0.05) is 0 Å². The first-order valence-corrected chi connectivity index (χ1v) is 4.45. The summed E-state index contributed by atoms with van der Waals surface area (Å²) in [5.41, 5.74) is -0.0649. The molecule has 7 heteroatoms. The molecule has 3 aromatic rings. The molecule has 3 aromatic heterocycles.